The molecule has 7 heteroatoms. The molecule has 0 atom stereocenters. The molecule has 0 fully saturated rings. The lowest BCUT2D eigenvalue weighted by Gasteiger charge is -2.07. The van der Waals surface area contributed by atoms with Crippen LogP contribution in [0.25, 0.3) is 11.4 Å². The highest BCUT2D eigenvalue weighted by molar-refractivity contribution is 7.71. The Labute approximate surface area is 127 Å². The maximum Gasteiger partial charge on any atom is 0.195 e. The monoisotopic (exact) mass is 300 g/mol. The van der Waals surface area contributed by atoms with Gasteiger partial charge in [-0.3, -0.25) is 10.1 Å². The largest absolute Gasteiger partial charge is 0.337 e. The number of unbranched alkanes of at least 4 members (excludes halogenated alkanes) is 1. The molecule has 108 valence electrons. The van der Waals surface area contributed by atoms with Gasteiger partial charge in [-0.05, 0) is 37.2 Å². The Kier molecular flexibility index (Phi) is 4.20. The lowest BCUT2D eigenvalue weighted by molar-refractivity contribution is 0.551. The van der Waals surface area contributed by atoms with Crippen molar-refractivity contribution in [1.29, 1.82) is 0 Å². The van der Waals surface area contributed by atoms with Crippen LogP contribution in [0.2, 0.25) is 0 Å². The second-order valence-corrected chi connectivity index (χ2v) is 5.14. The van der Waals surface area contributed by atoms with Crippen LogP contribution in [0.3, 0.4) is 0 Å². The molecule has 0 amide bonds. The first-order chi connectivity index (χ1) is 10.3. The number of hydrogen-bond donors (Lipinski definition) is 1. The summed E-state index contributed by atoms with van der Waals surface area (Å²) in [5.41, 5.74) is 0.972. The number of pyridine rings is 1. The number of nitrogens with zero attached hydrogens (tertiary/aromatic N) is 5. The molecule has 0 saturated heterocycles. The first-order valence-electron chi connectivity index (χ1n) is 6.86. The van der Waals surface area contributed by atoms with Gasteiger partial charge < -0.3 is 9.13 Å². The third-order valence-corrected chi connectivity index (χ3v) is 3.60. The van der Waals surface area contributed by atoms with Crippen LogP contribution in [0.4, 0.5) is 0 Å². The van der Waals surface area contributed by atoms with Crippen molar-refractivity contribution in [3.63, 3.8) is 0 Å². The van der Waals surface area contributed by atoms with E-state index in [0.29, 0.717) is 4.77 Å². The van der Waals surface area contributed by atoms with Crippen LogP contribution in [0.15, 0.2) is 43.2 Å². The Morgan fingerprint density at radius 3 is 2.81 bits per heavy atom. The molecule has 3 rings (SSSR count). The molecule has 0 aliphatic carbocycles. The molecule has 3 heterocycles. The van der Waals surface area contributed by atoms with E-state index in [-0.39, 0.29) is 0 Å². The summed E-state index contributed by atoms with van der Waals surface area (Å²) in [7, 11) is 0. The van der Waals surface area contributed by atoms with E-state index in [0.717, 1.165) is 37.3 Å². The zero-order valence-electron chi connectivity index (χ0n) is 11.5. The maximum absolute atomic E-state index is 5.31. The summed E-state index contributed by atoms with van der Waals surface area (Å²) in [4.78, 5) is 8.17. The molecular weight excluding hydrogens is 284 g/mol. The highest BCUT2D eigenvalue weighted by atomic mass is 32.1. The summed E-state index contributed by atoms with van der Waals surface area (Å²) in [5.74, 6) is 0.843. The Hall–Kier alpha value is -2.28. The van der Waals surface area contributed by atoms with Gasteiger partial charge in [0, 0.05) is 43.4 Å². The minimum absolute atomic E-state index is 0.650. The minimum Gasteiger partial charge on any atom is -0.337 e. The van der Waals surface area contributed by atoms with Gasteiger partial charge in [0.25, 0.3) is 0 Å². The number of rotatable bonds is 6. The lowest BCUT2D eigenvalue weighted by atomic mass is 10.2. The zero-order valence-corrected chi connectivity index (χ0v) is 12.3. The van der Waals surface area contributed by atoms with Crippen molar-refractivity contribution in [2.24, 2.45) is 0 Å². The zero-order chi connectivity index (χ0) is 14.5. The molecule has 1 N–H and O–H groups in total. The highest BCUT2D eigenvalue weighted by Crippen LogP contribution is 2.16. The van der Waals surface area contributed by atoms with E-state index in [9.17, 15) is 0 Å². The average Bonchev–Trinajstić information content (AvgIpc) is 3.15. The molecule has 6 nitrogen and oxygen atoms in total. The number of aromatic nitrogens is 6. The summed E-state index contributed by atoms with van der Waals surface area (Å²) < 4.78 is 4.76. The number of nitrogens with one attached hydrogen (secondary N) is 1. The van der Waals surface area contributed by atoms with Crippen molar-refractivity contribution in [3.8, 4) is 11.4 Å². The quantitative estimate of drug-likeness (QED) is 0.561. The van der Waals surface area contributed by atoms with E-state index in [4.69, 9.17) is 12.2 Å². The topological polar surface area (TPSA) is 64.3 Å². The number of hydrogen-bond acceptors (Lipinski definition) is 4. The second kappa shape index (κ2) is 6.45. The smallest absolute Gasteiger partial charge is 0.195 e. The van der Waals surface area contributed by atoms with Crippen LogP contribution in [-0.4, -0.2) is 29.3 Å². The summed E-state index contributed by atoms with van der Waals surface area (Å²) >= 11 is 5.31. The molecule has 0 saturated carbocycles. The van der Waals surface area contributed by atoms with Crippen LogP contribution in [0, 0.1) is 4.77 Å². The lowest BCUT2D eigenvalue weighted by Crippen LogP contribution is -2.03. The number of aryl methyl sites for hydroxylation is 1. The first-order valence-corrected chi connectivity index (χ1v) is 7.27. The SMILES string of the molecule is S=c1[nH]nc(-c2cccnc2)n1CCCCn1ccnc1. The molecule has 0 bridgehead atoms. The summed E-state index contributed by atoms with van der Waals surface area (Å²) in [6.45, 7) is 1.81. The van der Waals surface area contributed by atoms with Crippen molar-refractivity contribution in [3.05, 3.63) is 48.0 Å². The van der Waals surface area contributed by atoms with Gasteiger partial charge in [-0.15, -0.1) is 0 Å². The molecule has 3 aromatic rings. The predicted octanol–water partition coefficient (Wildman–Crippen LogP) is 2.68. The summed E-state index contributed by atoms with van der Waals surface area (Å²) in [6.07, 6.45) is 11.3. The standard InChI is InChI=1S/C14H16N6S/c21-14-18-17-13(12-4-3-5-15-10-12)20(14)8-2-1-7-19-9-6-16-11-19/h3-6,9-11H,1-2,7-8H2,(H,18,21). The molecule has 0 radical (unpaired) electrons. The normalized spacial score (nSPS) is 10.9. The molecule has 0 aromatic carbocycles. The molecule has 0 aliphatic heterocycles. The predicted molar refractivity (Wildman–Crippen MR) is 82.1 cm³/mol. The average molecular weight is 300 g/mol. The van der Waals surface area contributed by atoms with E-state index < -0.39 is 0 Å². The van der Waals surface area contributed by atoms with Crippen molar-refractivity contribution in [1.82, 2.24) is 29.3 Å². The van der Waals surface area contributed by atoms with Gasteiger partial charge in [-0.25, -0.2) is 4.98 Å². The summed E-state index contributed by atoms with van der Waals surface area (Å²) in [5, 5.41) is 7.17. The minimum atomic E-state index is 0.650. The maximum atomic E-state index is 5.31. The van der Waals surface area contributed by atoms with E-state index in [1.807, 2.05) is 29.2 Å². The fourth-order valence-electron chi connectivity index (χ4n) is 2.22. The van der Waals surface area contributed by atoms with Crippen molar-refractivity contribution < 1.29 is 0 Å². The Morgan fingerprint density at radius 1 is 1.14 bits per heavy atom. The molecule has 0 aliphatic rings. The third kappa shape index (κ3) is 3.25. The van der Waals surface area contributed by atoms with Gasteiger partial charge in [0.15, 0.2) is 10.6 Å². The van der Waals surface area contributed by atoms with Gasteiger partial charge >= 0.3 is 0 Å². The van der Waals surface area contributed by atoms with E-state index in [2.05, 4.69) is 24.7 Å². The second-order valence-electron chi connectivity index (χ2n) is 4.75. The van der Waals surface area contributed by atoms with Gasteiger partial charge in [0.05, 0.1) is 6.33 Å². The number of H-pyrrole nitrogens is 1. The van der Waals surface area contributed by atoms with Gasteiger partial charge in [0.2, 0.25) is 0 Å². The van der Waals surface area contributed by atoms with E-state index in [1.165, 1.54) is 0 Å². The van der Waals surface area contributed by atoms with Crippen LogP contribution < -0.4 is 0 Å². The van der Waals surface area contributed by atoms with Crippen LogP contribution in [0.5, 0.6) is 0 Å². The van der Waals surface area contributed by atoms with E-state index in [1.54, 1.807) is 18.6 Å². The van der Waals surface area contributed by atoms with E-state index >= 15 is 0 Å². The van der Waals surface area contributed by atoms with Crippen LogP contribution in [-0.2, 0) is 13.1 Å². The molecule has 0 unspecified atom stereocenters. The molecule has 21 heavy (non-hydrogen) atoms. The Bertz CT molecular complexity index is 728. The fraction of sp³-hybridized carbons (Fsp3) is 0.286. The van der Waals surface area contributed by atoms with Gasteiger partial charge in [0.1, 0.15) is 0 Å². The number of imidazole rings is 1. The molecule has 0 spiro atoms. The molecular formula is C14H16N6S. The number of aromatic amines is 1. The van der Waals surface area contributed by atoms with Crippen molar-refractivity contribution in [2.75, 3.05) is 0 Å². The van der Waals surface area contributed by atoms with Crippen molar-refractivity contribution in [2.45, 2.75) is 25.9 Å². The summed E-state index contributed by atoms with van der Waals surface area (Å²) in [6, 6.07) is 3.89. The van der Waals surface area contributed by atoms with Crippen molar-refractivity contribution >= 4 is 12.2 Å². The van der Waals surface area contributed by atoms with Crippen LogP contribution in [0.1, 0.15) is 12.8 Å². The Balaban J connectivity index is 1.65. The van der Waals surface area contributed by atoms with Crippen LogP contribution >= 0.6 is 12.2 Å². The van der Waals surface area contributed by atoms with Gasteiger partial charge in [-0.1, -0.05) is 0 Å². The highest BCUT2D eigenvalue weighted by Gasteiger charge is 2.08. The Morgan fingerprint density at radius 2 is 2.05 bits per heavy atom. The fourth-order valence-corrected chi connectivity index (χ4v) is 2.45. The third-order valence-electron chi connectivity index (χ3n) is 3.29. The first kappa shape index (κ1) is 13.7. The van der Waals surface area contributed by atoms with Gasteiger partial charge in [-0.2, -0.15) is 5.10 Å². The molecule has 3 aromatic heterocycles.